The average molecular weight is 263 g/mol. The molecule has 1 N–H and O–H groups in total. The fraction of sp³-hybridized carbons (Fsp3) is 0.533. The fourth-order valence-electron chi connectivity index (χ4n) is 2.30. The van der Waals surface area contributed by atoms with Gasteiger partial charge in [0.15, 0.2) is 0 Å². The Morgan fingerprint density at radius 1 is 1.53 bits per heavy atom. The zero-order chi connectivity index (χ0) is 13.7. The van der Waals surface area contributed by atoms with Crippen molar-refractivity contribution >= 4 is 11.6 Å². The number of carbonyl (C=O) groups is 1. The highest BCUT2D eigenvalue weighted by molar-refractivity contribution is 5.92. The minimum absolute atomic E-state index is 0.0133. The smallest absolute Gasteiger partial charge is 0.224 e. The Hall–Kier alpha value is -1.55. The summed E-state index contributed by atoms with van der Waals surface area (Å²) in [7, 11) is 1.60. The number of ether oxygens (including phenoxy) is 2. The molecule has 0 saturated carbocycles. The molecule has 0 aliphatic carbocycles. The summed E-state index contributed by atoms with van der Waals surface area (Å²) in [6.07, 6.45) is 3.71. The zero-order valence-electron chi connectivity index (χ0n) is 11.6. The van der Waals surface area contributed by atoms with E-state index in [-0.39, 0.29) is 12.0 Å². The lowest BCUT2D eigenvalue weighted by Crippen LogP contribution is -2.15. The van der Waals surface area contributed by atoms with Crippen molar-refractivity contribution in [3.05, 3.63) is 23.8 Å². The molecule has 1 aromatic carbocycles. The molecule has 0 aromatic heterocycles. The average Bonchev–Trinajstić information content (AvgIpc) is 2.90. The maximum absolute atomic E-state index is 11.9. The van der Waals surface area contributed by atoms with Crippen molar-refractivity contribution in [3.8, 4) is 5.75 Å². The van der Waals surface area contributed by atoms with Crippen molar-refractivity contribution < 1.29 is 14.3 Å². The molecular weight excluding hydrogens is 242 g/mol. The van der Waals surface area contributed by atoms with Crippen molar-refractivity contribution in [1.29, 1.82) is 0 Å². The molecule has 1 saturated heterocycles. The summed E-state index contributed by atoms with van der Waals surface area (Å²) in [5, 5.41) is 2.91. The number of aryl methyl sites for hydroxylation is 1. The van der Waals surface area contributed by atoms with Crippen LogP contribution in [0.4, 0.5) is 5.69 Å². The first kappa shape index (κ1) is 13.9. The number of benzene rings is 1. The van der Waals surface area contributed by atoms with Gasteiger partial charge in [0.25, 0.3) is 0 Å². The lowest BCUT2D eigenvalue weighted by atomic mass is 10.1. The molecule has 19 heavy (non-hydrogen) atoms. The number of carbonyl (C=O) groups excluding carboxylic acids is 1. The first-order valence-electron chi connectivity index (χ1n) is 6.75. The van der Waals surface area contributed by atoms with Crippen LogP contribution in [-0.4, -0.2) is 25.7 Å². The Kier molecular flexibility index (Phi) is 4.80. The Morgan fingerprint density at radius 2 is 2.37 bits per heavy atom. The van der Waals surface area contributed by atoms with Gasteiger partial charge in [0.05, 0.1) is 18.9 Å². The summed E-state index contributed by atoms with van der Waals surface area (Å²) in [4.78, 5) is 11.9. The van der Waals surface area contributed by atoms with Gasteiger partial charge in [-0.25, -0.2) is 0 Å². The van der Waals surface area contributed by atoms with E-state index >= 15 is 0 Å². The second-order valence-corrected chi connectivity index (χ2v) is 4.93. The third-order valence-corrected chi connectivity index (χ3v) is 3.35. The van der Waals surface area contributed by atoms with E-state index < -0.39 is 0 Å². The highest BCUT2D eigenvalue weighted by Gasteiger charge is 2.17. The largest absolute Gasteiger partial charge is 0.495 e. The Labute approximate surface area is 114 Å². The van der Waals surface area contributed by atoms with Crippen LogP contribution in [0.15, 0.2) is 18.2 Å². The van der Waals surface area contributed by atoms with Crippen LogP contribution in [0, 0.1) is 6.92 Å². The lowest BCUT2D eigenvalue weighted by Gasteiger charge is -2.12. The van der Waals surface area contributed by atoms with Gasteiger partial charge < -0.3 is 14.8 Å². The summed E-state index contributed by atoms with van der Waals surface area (Å²) in [6, 6.07) is 5.74. The second-order valence-electron chi connectivity index (χ2n) is 4.93. The Bertz CT molecular complexity index is 439. The maximum Gasteiger partial charge on any atom is 0.224 e. The van der Waals surface area contributed by atoms with E-state index in [4.69, 9.17) is 9.47 Å². The lowest BCUT2D eigenvalue weighted by molar-refractivity contribution is -0.116. The van der Waals surface area contributed by atoms with Gasteiger partial charge in [-0.2, -0.15) is 0 Å². The van der Waals surface area contributed by atoms with Crippen LogP contribution >= 0.6 is 0 Å². The number of nitrogens with one attached hydrogen (secondary N) is 1. The molecule has 0 bridgehead atoms. The van der Waals surface area contributed by atoms with Crippen molar-refractivity contribution in [2.24, 2.45) is 0 Å². The van der Waals surface area contributed by atoms with E-state index in [0.717, 1.165) is 37.1 Å². The van der Waals surface area contributed by atoms with Crippen LogP contribution in [0.25, 0.3) is 0 Å². The predicted octanol–water partition coefficient (Wildman–Crippen LogP) is 2.90. The van der Waals surface area contributed by atoms with Gasteiger partial charge in [-0.3, -0.25) is 4.79 Å². The molecule has 0 radical (unpaired) electrons. The molecule has 4 heteroatoms. The van der Waals surface area contributed by atoms with E-state index in [2.05, 4.69) is 5.32 Å². The Balaban J connectivity index is 1.88. The summed E-state index contributed by atoms with van der Waals surface area (Å²) in [6.45, 7) is 2.82. The highest BCUT2D eigenvalue weighted by atomic mass is 16.5. The minimum atomic E-state index is 0.0133. The van der Waals surface area contributed by atoms with Crippen LogP contribution in [0.3, 0.4) is 0 Å². The van der Waals surface area contributed by atoms with E-state index in [0.29, 0.717) is 12.2 Å². The molecule has 104 valence electrons. The van der Waals surface area contributed by atoms with E-state index in [1.54, 1.807) is 7.11 Å². The first-order chi connectivity index (χ1) is 9.19. The topological polar surface area (TPSA) is 47.6 Å². The normalized spacial score (nSPS) is 18.3. The Morgan fingerprint density at radius 3 is 3.05 bits per heavy atom. The number of hydrogen-bond donors (Lipinski definition) is 1. The number of hydrogen-bond acceptors (Lipinski definition) is 3. The fourth-order valence-corrected chi connectivity index (χ4v) is 2.30. The van der Waals surface area contributed by atoms with E-state index in [9.17, 15) is 4.79 Å². The molecule has 1 aliphatic heterocycles. The van der Waals surface area contributed by atoms with Gasteiger partial charge in [0.2, 0.25) is 5.91 Å². The first-order valence-corrected chi connectivity index (χ1v) is 6.75. The molecule has 4 nitrogen and oxygen atoms in total. The van der Waals surface area contributed by atoms with Crippen LogP contribution in [0.2, 0.25) is 0 Å². The zero-order valence-corrected chi connectivity index (χ0v) is 11.6. The molecule has 1 aliphatic rings. The van der Waals surface area contributed by atoms with Crippen molar-refractivity contribution in [3.63, 3.8) is 0 Å². The molecule has 0 unspecified atom stereocenters. The summed E-state index contributed by atoms with van der Waals surface area (Å²) in [5.74, 6) is 0.704. The molecule has 2 rings (SSSR count). The van der Waals surface area contributed by atoms with E-state index in [1.165, 1.54) is 0 Å². The second kappa shape index (κ2) is 6.57. The molecular formula is C15H21NO3. The quantitative estimate of drug-likeness (QED) is 0.888. The predicted molar refractivity (Wildman–Crippen MR) is 74.6 cm³/mol. The third-order valence-electron chi connectivity index (χ3n) is 3.35. The summed E-state index contributed by atoms with van der Waals surface area (Å²) >= 11 is 0. The molecule has 1 atom stereocenters. The van der Waals surface area contributed by atoms with Gasteiger partial charge in [-0.1, -0.05) is 6.07 Å². The number of rotatable bonds is 5. The van der Waals surface area contributed by atoms with Crippen LogP contribution < -0.4 is 10.1 Å². The standard InChI is InChI=1S/C15H21NO3/c1-11-5-7-14(18-2)13(10-11)16-15(17)8-6-12-4-3-9-19-12/h5,7,10,12H,3-4,6,8-9H2,1-2H3,(H,16,17)/t12-/m0/s1. The van der Waals surface area contributed by atoms with Gasteiger partial charge in [0.1, 0.15) is 5.75 Å². The van der Waals surface area contributed by atoms with Crippen molar-refractivity contribution in [2.75, 3.05) is 19.0 Å². The number of anilines is 1. The summed E-state index contributed by atoms with van der Waals surface area (Å²) < 4.78 is 10.8. The molecule has 1 amide bonds. The number of amides is 1. The van der Waals surface area contributed by atoms with Crippen molar-refractivity contribution in [2.45, 2.75) is 38.7 Å². The van der Waals surface area contributed by atoms with Crippen LogP contribution in [0.5, 0.6) is 5.75 Å². The monoisotopic (exact) mass is 263 g/mol. The SMILES string of the molecule is COc1ccc(C)cc1NC(=O)CC[C@@H]1CCCO1. The van der Waals surface area contributed by atoms with Crippen LogP contribution in [-0.2, 0) is 9.53 Å². The van der Waals surface area contributed by atoms with Gasteiger partial charge in [0, 0.05) is 13.0 Å². The maximum atomic E-state index is 11.9. The molecule has 0 spiro atoms. The highest BCUT2D eigenvalue weighted by Crippen LogP contribution is 2.25. The molecule has 1 heterocycles. The van der Waals surface area contributed by atoms with E-state index in [1.807, 2.05) is 25.1 Å². The molecule has 1 fully saturated rings. The minimum Gasteiger partial charge on any atom is -0.495 e. The van der Waals surface area contributed by atoms with Gasteiger partial charge in [-0.05, 0) is 43.9 Å². The third kappa shape index (κ3) is 3.96. The van der Waals surface area contributed by atoms with Gasteiger partial charge >= 0.3 is 0 Å². The van der Waals surface area contributed by atoms with Gasteiger partial charge in [-0.15, -0.1) is 0 Å². The molecule has 1 aromatic rings. The van der Waals surface area contributed by atoms with Crippen LogP contribution in [0.1, 0.15) is 31.2 Å². The van der Waals surface area contributed by atoms with Crippen molar-refractivity contribution in [1.82, 2.24) is 0 Å². The summed E-state index contributed by atoms with van der Waals surface area (Å²) in [5.41, 5.74) is 1.83. The number of methoxy groups -OCH3 is 1.